The van der Waals surface area contributed by atoms with Crippen molar-refractivity contribution >= 4 is 23.7 Å². The molecule has 0 saturated carbocycles. The van der Waals surface area contributed by atoms with Gasteiger partial charge in [0.1, 0.15) is 18.2 Å². The molecule has 0 fully saturated rings. The minimum absolute atomic E-state index is 0.140. The molecule has 30 heavy (non-hydrogen) atoms. The number of anilines is 1. The van der Waals surface area contributed by atoms with Gasteiger partial charge < -0.3 is 14.7 Å². The summed E-state index contributed by atoms with van der Waals surface area (Å²) in [6.45, 7) is 4.96. The standard InChI is InChI=1S/C23H26N2O5/c1-23(2,3)30-22(29)25-18-12-8-7-11-17(18)13-19(25)21(28)24(15-20(26)27)14-16-9-5-4-6-10-16/h4-12,19H,13-15H2,1-3H3,(H,26,27)/t19-/m1/s1. The molecule has 0 aliphatic carbocycles. The van der Waals surface area contributed by atoms with Crippen LogP contribution in [0.3, 0.4) is 0 Å². The van der Waals surface area contributed by atoms with Gasteiger partial charge in [-0.1, -0.05) is 48.5 Å². The van der Waals surface area contributed by atoms with Gasteiger partial charge in [0, 0.05) is 13.0 Å². The Kier molecular flexibility index (Phi) is 6.10. The Hall–Kier alpha value is -3.35. The summed E-state index contributed by atoms with van der Waals surface area (Å²) in [6.07, 6.45) is -0.320. The minimum Gasteiger partial charge on any atom is -0.480 e. The predicted molar refractivity (Wildman–Crippen MR) is 112 cm³/mol. The van der Waals surface area contributed by atoms with Crippen LogP contribution in [0.15, 0.2) is 54.6 Å². The molecular weight excluding hydrogens is 384 g/mol. The Morgan fingerprint density at radius 2 is 1.70 bits per heavy atom. The first kappa shape index (κ1) is 21.4. The third-order valence-corrected chi connectivity index (χ3v) is 4.71. The van der Waals surface area contributed by atoms with Crippen molar-refractivity contribution in [2.24, 2.45) is 0 Å². The number of ether oxygens (including phenoxy) is 1. The minimum atomic E-state index is -1.11. The van der Waals surface area contributed by atoms with E-state index in [1.807, 2.05) is 42.5 Å². The van der Waals surface area contributed by atoms with E-state index in [4.69, 9.17) is 4.74 Å². The molecule has 158 valence electrons. The van der Waals surface area contributed by atoms with E-state index in [9.17, 15) is 19.5 Å². The normalized spacial score (nSPS) is 15.4. The monoisotopic (exact) mass is 410 g/mol. The van der Waals surface area contributed by atoms with Gasteiger partial charge in [-0.15, -0.1) is 0 Å². The Labute approximate surface area is 175 Å². The zero-order chi connectivity index (χ0) is 21.9. The van der Waals surface area contributed by atoms with Gasteiger partial charge in [0.25, 0.3) is 0 Å². The van der Waals surface area contributed by atoms with Crippen LogP contribution in [0.5, 0.6) is 0 Å². The second-order valence-corrected chi connectivity index (χ2v) is 8.27. The van der Waals surface area contributed by atoms with Crippen molar-refractivity contribution in [2.45, 2.75) is 45.4 Å². The van der Waals surface area contributed by atoms with Crippen LogP contribution in [-0.4, -0.2) is 46.2 Å². The lowest BCUT2D eigenvalue weighted by Crippen LogP contribution is -2.51. The van der Waals surface area contributed by atoms with E-state index in [1.54, 1.807) is 32.9 Å². The molecule has 7 heteroatoms. The smallest absolute Gasteiger partial charge is 0.415 e. The highest BCUT2D eigenvalue weighted by Crippen LogP contribution is 2.34. The summed E-state index contributed by atoms with van der Waals surface area (Å²) < 4.78 is 5.54. The van der Waals surface area contributed by atoms with Crippen LogP contribution >= 0.6 is 0 Å². The quantitative estimate of drug-likeness (QED) is 0.816. The topological polar surface area (TPSA) is 87.2 Å². The first-order chi connectivity index (χ1) is 14.2. The van der Waals surface area contributed by atoms with Crippen LogP contribution in [0.2, 0.25) is 0 Å². The summed E-state index contributed by atoms with van der Waals surface area (Å²) in [5.74, 6) is -1.54. The molecule has 0 spiro atoms. The zero-order valence-electron chi connectivity index (χ0n) is 17.4. The van der Waals surface area contributed by atoms with Crippen LogP contribution < -0.4 is 4.90 Å². The second kappa shape index (κ2) is 8.57. The summed E-state index contributed by atoms with van der Waals surface area (Å²) in [5.41, 5.74) is 1.54. The molecular formula is C23H26N2O5. The van der Waals surface area contributed by atoms with Crippen molar-refractivity contribution in [1.82, 2.24) is 4.90 Å². The lowest BCUT2D eigenvalue weighted by atomic mass is 10.1. The number of amides is 2. The van der Waals surface area contributed by atoms with Gasteiger partial charge in [-0.05, 0) is 38.0 Å². The number of benzene rings is 2. The fourth-order valence-corrected chi connectivity index (χ4v) is 3.51. The highest BCUT2D eigenvalue weighted by Gasteiger charge is 2.42. The Morgan fingerprint density at radius 3 is 2.33 bits per heavy atom. The fraction of sp³-hybridized carbons (Fsp3) is 0.348. The number of carboxylic acid groups (broad SMARTS) is 1. The molecule has 1 aliphatic rings. The van der Waals surface area contributed by atoms with Crippen LogP contribution in [0.25, 0.3) is 0 Å². The van der Waals surface area contributed by atoms with Crippen LogP contribution in [0.4, 0.5) is 10.5 Å². The molecule has 0 radical (unpaired) electrons. The second-order valence-electron chi connectivity index (χ2n) is 8.27. The lowest BCUT2D eigenvalue weighted by molar-refractivity contribution is -0.145. The number of aliphatic carboxylic acids is 1. The number of carbonyl (C=O) groups excluding carboxylic acids is 2. The SMILES string of the molecule is CC(C)(C)OC(=O)N1c2ccccc2C[C@@H]1C(=O)N(CC(=O)O)Cc1ccccc1. The van der Waals surface area contributed by atoms with Crippen molar-refractivity contribution in [2.75, 3.05) is 11.4 Å². The summed E-state index contributed by atoms with van der Waals surface area (Å²) >= 11 is 0. The molecule has 0 saturated heterocycles. The zero-order valence-corrected chi connectivity index (χ0v) is 17.4. The van der Waals surface area contributed by atoms with E-state index in [1.165, 1.54) is 9.80 Å². The number of para-hydroxylation sites is 1. The highest BCUT2D eigenvalue weighted by atomic mass is 16.6. The van der Waals surface area contributed by atoms with Gasteiger partial charge in [0.2, 0.25) is 5.91 Å². The van der Waals surface area contributed by atoms with Crippen LogP contribution in [0, 0.1) is 0 Å². The molecule has 3 rings (SSSR count). The van der Waals surface area contributed by atoms with Crippen molar-refractivity contribution in [3.63, 3.8) is 0 Å². The number of nitrogens with zero attached hydrogens (tertiary/aromatic N) is 2. The van der Waals surface area contributed by atoms with Gasteiger partial charge in [0.15, 0.2) is 0 Å². The van der Waals surface area contributed by atoms with E-state index < -0.39 is 36.2 Å². The maximum absolute atomic E-state index is 13.4. The lowest BCUT2D eigenvalue weighted by Gasteiger charge is -2.31. The highest BCUT2D eigenvalue weighted by molar-refractivity contribution is 6.01. The number of rotatable bonds is 5. The van der Waals surface area contributed by atoms with Crippen molar-refractivity contribution < 1.29 is 24.2 Å². The van der Waals surface area contributed by atoms with Crippen LogP contribution in [0.1, 0.15) is 31.9 Å². The van der Waals surface area contributed by atoms with Gasteiger partial charge in [-0.3, -0.25) is 14.5 Å². The van der Waals surface area contributed by atoms with E-state index in [-0.39, 0.29) is 6.54 Å². The average molecular weight is 410 g/mol. The summed E-state index contributed by atoms with van der Waals surface area (Å²) in [6, 6.07) is 15.6. The van der Waals surface area contributed by atoms with Crippen molar-refractivity contribution in [3.8, 4) is 0 Å². The summed E-state index contributed by atoms with van der Waals surface area (Å²) in [7, 11) is 0. The molecule has 7 nitrogen and oxygen atoms in total. The maximum Gasteiger partial charge on any atom is 0.415 e. The molecule has 0 bridgehead atoms. The number of carbonyl (C=O) groups is 3. The third-order valence-electron chi connectivity index (χ3n) is 4.71. The molecule has 1 N–H and O–H groups in total. The Bertz CT molecular complexity index is 936. The average Bonchev–Trinajstić information content (AvgIpc) is 3.05. The van der Waals surface area contributed by atoms with E-state index in [0.717, 1.165) is 11.1 Å². The third kappa shape index (κ3) is 4.97. The van der Waals surface area contributed by atoms with E-state index in [2.05, 4.69) is 0 Å². The number of hydrogen-bond acceptors (Lipinski definition) is 4. The molecule has 0 aromatic heterocycles. The Balaban J connectivity index is 1.92. The van der Waals surface area contributed by atoms with Gasteiger partial charge in [-0.2, -0.15) is 0 Å². The van der Waals surface area contributed by atoms with Crippen molar-refractivity contribution in [1.29, 1.82) is 0 Å². The largest absolute Gasteiger partial charge is 0.480 e. The Morgan fingerprint density at radius 1 is 1.07 bits per heavy atom. The molecule has 2 amide bonds. The molecule has 1 aliphatic heterocycles. The van der Waals surface area contributed by atoms with Crippen LogP contribution in [-0.2, 0) is 27.3 Å². The van der Waals surface area contributed by atoms with Gasteiger partial charge in [-0.25, -0.2) is 4.79 Å². The molecule has 2 aromatic carbocycles. The first-order valence-corrected chi connectivity index (χ1v) is 9.80. The number of carboxylic acids is 1. The molecule has 1 heterocycles. The summed E-state index contributed by atoms with van der Waals surface area (Å²) in [4.78, 5) is 40.5. The predicted octanol–water partition coefficient (Wildman–Crippen LogP) is 3.47. The first-order valence-electron chi connectivity index (χ1n) is 9.80. The van der Waals surface area contributed by atoms with Crippen molar-refractivity contribution in [3.05, 3.63) is 65.7 Å². The number of fused-ring (bicyclic) bond motifs is 1. The van der Waals surface area contributed by atoms with E-state index in [0.29, 0.717) is 12.1 Å². The molecule has 2 aromatic rings. The maximum atomic E-state index is 13.4. The van der Waals surface area contributed by atoms with E-state index >= 15 is 0 Å². The number of hydrogen-bond donors (Lipinski definition) is 1. The van der Waals surface area contributed by atoms with Gasteiger partial charge in [0.05, 0.1) is 5.69 Å². The fourth-order valence-electron chi connectivity index (χ4n) is 3.51. The molecule has 0 unspecified atom stereocenters. The van der Waals surface area contributed by atoms with Gasteiger partial charge >= 0.3 is 12.1 Å². The summed E-state index contributed by atoms with van der Waals surface area (Å²) in [5, 5.41) is 9.36. The molecule has 1 atom stereocenters.